The summed E-state index contributed by atoms with van der Waals surface area (Å²) in [5, 5.41) is 0. The Hall–Kier alpha value is -3.50. The van der Waals surface area contributed by atoms with Crippen molar-refractivity contribution in [2.24, 2.45) is 0 Å². The summed E-state index contributed by atoms with van der Waals surface area (Å²) in [7, 11) is 0. The molecule has 0 unspecified atom stereocenters. The lowest BCUT2D eigenvalue weighted by atomic mass is 9.70. The molecule has 2 aromatic rings. The van der Waals surface area contributed by atoms with Gasteiger partial charge < -0.3 is 9.47 Å². The number of rotatable bonds is 6. The fraction of sp³-hybridized carbons (Fsp3) is 0.419. The second-order valence-electron chi connectivity index (χ2n) is 11.1. The zero-order valence-electron chi connectivity index (χ0n) is 21.6. The number of hydrogen-bond acceptors (Lipinski definition) is 4. The molecule has 0 heterocycles. The minimum Gasteiger partial charge on any atom is -0.460 e. The maximum atomic E-state index is 12.8. The maximum absolute atomic E-state index is 12.8. The van der Waals surface area contributed by atoms with E-state index in [9.17, 15) is 9.59 Å². The molecule has 4 nitrogen and oxygen atoms in total. The van der Waals surface area contributed by atoms with E-state index < -0.39 is 16.6 Å². The minimum atomic E-state index is -0.641. The number of fused-ring (bicyclic) bond motifs is 3. The summed E-state index contributed by atoms with van der Waals surface area (Å²) >= 11 is 0. The first-order chi connectivity index (χ1) is 16.3. The molecular weight excluding hydrogens is 436 g/mol. The molecule has 182 valence electrons. The number of hydrogen-bond donors (Lipinski definition) is 0. The Morgan fingerprint density at radius 2 is 1.11 bits per heavy atom. The van der Waals surface area contributed by atoms with Crippen LogP contribution < -0.4 is 0 Å². The third kappa shape index (κ3) is 5.95. The molecule has 0 radical (unpaired) electrons. The van der Waals surface area contributed by atoms with Crippen molar-refractivity contribution < 1.29 is 19.1 Å². The van der Waals surface area contributed by atoms with E-state index in [2.05, 4.69) is 11.8 Å². The van der Waals surface area contributed by atoms with Gasteiger partial charge in [-0.3, -0.25) is 9.59 Å². The molecular formula is C31H34O4. The highest BCUT2D eigenvalue weighted by Gasteiger charge is 2.44. The first-order valence-electron chi connectivity index (χ1n) is 11.9. The van der Waals surface area contributed by atoms with Crippen molar-refractivity contribution in [1.82, 2.24) is 0 Å². The van der Waals surface area contributed by atoms with E-state index in [1.807, 2.05) is 77.9 Å². The van der Waals surface area contributed by atoms with Crippen LogP contribution in [0.15, 0.2) is 36.4 Å². The average Bonchev–Trinajstić information content (AvgIpc) is 3.02. The Balaban J connectivity index is 2.12. The van der Waals surface area contributed by atoms with Crippen LogP contribution in [0.3, 0.4) is 0 Å². The van der Waals surface area contributed by atoms with E-state index in [-0.39, 0.29) is 24.8 Å². The van der Waals surface area contributed by atoms with Crippen molar-refractivity contribution in [3.63, 3.8) is 0 Å². The van der Waals surface area contributed by atoms with Crippen molar-refractivity contribution in [3.05, 3.63) is 58.7 Å². The molecule has 35 heavy (non-hydrogen) atoms. The van der Waals surface area contributed by atoms with Crippen LogP contribution in [0, 0.1) is 24.7 Å². The Morgan fingerprint density at radius 1 is 0.743 bits per heavy atom. The zero-order chi connectivity index (χ0) is 26.0. The summed E-state index contributed by atoms with van der Waals surface area (Å²) in [6, 6.07) is 11.8. The van der Waals surface area contributed by atoms with E-state index in [4.69, 9.17) is 22.3 Å². The number of esters is 2. The number of ether oxygens (including phenoxy) is 2. The number of carbonyl (C=O) groups is 2. The average molecular weight is 471 g/mol. The van der Waals surface area contributed by atoms with E-state index >= 15 is 0 Å². The normalized spacial score (nSPS) is 13.7. The van der Waals surface area contributed by atoms with Crippen LogP contribution in [-0.4, -0.2) is 23.1 Å². The van der Waals surface area contributed by atoms with Crippen LogP contribution in [0.1, 0.15) is 89.5 Å². The Bertz CT molecular complexity index is 1130. The second kappa shape index (κ2) is 9.63. The van der Waals surface area contributed by atoms with Crippen molar-refractivity contribution in [1.29, 1.82) is 0 Å². The van der Waals surface area contributed by atoms with Crippen LogP contribution in [0.4, 0.5) is 0 Å². The third-order valence-electron chi connectivity index (χ3n) is 6.05. The van der Waals surface area contributed by atoms with Crippen LogP contribution in [0.2, 0.25) is 0 Å². The highest BCUT2D eigenvalue weighted by Crippen LogP contribution is 2.54. The lowest BCUT2D eigenvalue weighted by Gasteiger charge is -2.33. The lowest BCUT2D eigenvalue weighted by molar-refractivity contribution is -0.155. The van der Waals surface area contributed by atoms with Crippen molar-refractivity contribution in [3.8, 4) is 35.8 Å². The summed E-state index contributed by atoms with van der Waals surface area (Å²) in [4.78, 5) is 25.6. The topological polar surface area (TPSA) is 52.6 Å². The highest BCUT2D eigenvalue weighted by molar-refractivity contribution is 5.83. The second-order valence-corrected chi connectivity index (χ2v) is 11.1. The Kier molecular flexibility index (Phi) is 7.18. The van der Waals surface area contributed by atoms with Gasteiger partial charge in [0.05, 0.1) is 0 Å². The molecule has 4 heteroatoms. The molecule has 3 rings (SSSR count). The number of benzene rings is 2. The standard InChI is InChI=1S/C31H34O4/c1-9-21-11-13-23-24-14-12-22(10-2)20-26(24)31(25(23)19-21,17-15-27(32)34-29(3,4)5)18-16-28(33)35-30(6,7)8/h1-2,11-14,19-20H,15-18H2,3-8H3. The Labute approximate surface area is 209 Å². The molecule has 0 amide bonds. The fourth-order valence-corrected chi connectivity index (χ4v) is 4.75. The Morgan fingerprint density at radius 3 is 1.43 bits per heavy atom. The lowest BCUT2D eigenvalue weighted by Crippen LogP contribution is -2.31. The van der Waals surface area contributed by atoms with E-state index in [1.165, 1.54) is 0 Å². The molecule has 0 aliphatic heterocycles. The SMILES string of the molecule is C#Cc1ccc2c(c1)C(CCC(=O)OC(C)(C)C)(CCC(=O)OC(C)(C)C)c1cc(C#C)ccc1-2. The van der Waals surface area contributed by atoms with Gasteiger partial charge in [0.1, 0.15) is 11.2 Å². The first-order valence-corrected chi connectivity index (χ1v) is 11.9. The van der Waals surface area contributed by atoms with Gasteiger partial charge in [-0.15, -0.1) is 12.8 Å². The number of carbonyl (C=O) groups excluding carboxylic acids is 2. The molecule has 2 aromatic carbocycles. The quantitative estimate of drug-likeness (QED) is 0.375. The third-order valence-corrected chi connectivity index (χ3v) is 6.05. The predicted molar refractivity (Wildman–Crippen MR) is 139 cm³/mol. The molecule has 0 spiro atoms. The molecule has 0 saturated carbocycles. The molecule has 1 aliphatic carbocycles. The summed E-state index contributed by atoms with van der Waals surface area (Å²) in [6.07, 6.45) is 12.8. The van der Waals surface area contributed by atoms with Crippen LogP contribution in [0.5, 0.6) is 0 Å². The fourth-order valence-electron chi connectivity index (χ4n) is 4.75. The van der Waals surface area contributed by atoms with Gasteiger partial charge in [0, 0.05) is 29.4 Å². The van der Waals surface area contributed by atoms with E-state index in [0.29, 0.717) is 12.8 Å². The largest absolute Gasteiger partial charge is 0.460 e. The molecule has 0 fully saturated rings. The summed E-state index contributed by atoms with van der Waals surface area (Å²) in [5.74, 6) is 4.87. The minimum absolute atomic E-state index is 0.186. The van der Waals surface area contributed by atoms with Crippen molar-refractivity contribution in [2.75, 3.05) is 0 Å². The van der Waals surface area contributed by atoms with Gasteiger partial charge in [-0.2, -0.15) is 0 Å². The van der Waals surface area contributed by atoms with Crippen LogP contribution in [0.25, 0.3) is 11.1 Å². The molecule has 0 bridgehead atoms. The summed E-state index contributed by atoms with van der Waals surface area (Å²) in [5.41, 5.74) is 3.76. The van der Waals surface area contributed by atoms with Gasteiger partial charge in [0.25, 0.3) is 0 Å². The van der Waals surface area contributed by atoms with Gasteiger partial charge in [-0.25, -0.2) is 0 Å². The smallest absolute Gasteiger partial charge is 0.306 e. The predicted octanol–water partition coefficient (Wildman–Crippen LogP) is 6.16. The van der Waals surface area contributed by atoms with Gasteiger partial charge in [0.2, 0.25) is 0 Å². The van der Waals surface area contributed by atoms with Gasteiger partial charge in [-0.05, 0) is 101 Å². The van der Waals surface area contributed by atoms with Crippen molar-refractivity contribution >= 4 is 11.9 Å². The van der Waals surface area contributed by atoms with Crippen LogP contribution in [-0.2, 0) is 24.5 Å². The van der Waals surface area contributed by atoms with E-state index in [0.717, 1.165) is 33.4 Å². The zero-order valence-corrected chi connectivity index (χ0v) is 21.6. The van der Waals surface area contributed by atoms with E-state index in [1.54, 1.807) is 0 Å². The van der Waals surface area contributed by atoms with Gasteiger partial charge in [0.15, 0.2) is 0 Å². The molecule has 0 aromatic heterocycles. The first kappa shape index (κ1) is 26.1. The number of terminal acetylenes is 2. The monoisotopic (exact) mass is 470 g/mol. The van der Waals surface area contributed by atoms with Crippen LogP contribution >= 0.6 is 0 Å². The summed E-state index contributed by atoms with van der Waals surface area (Å²) < 4.78 is 11.2. The molecule has 0 N–H and O–H groups in total. The summed E-state index contributed by atoms with van der Waals surface area (Å²) in [6.45, 7) is 11.1. The molecule has 0 atom stereocenters. The molecule has 0 saturated heterocycles. The highest BCUT2D eigenvalue weighted by atomic mass is 16.6. The van der Waals surface area contributed by atoms with Gasteiger partial charge >= 0.3 is 11.9 Å². The van der Waals surface area contributed by atoms with Gasteiger partial charge in [-0.1, -0.05) is 24.0 Å². The molecule has 1 aliphatic rings. The van der Waals surface area contributed by atoms with Crippen molar-refractivity contribution in [2.45, 2.75) is 83.8 Å². The maximum Gasteiger partial charge on any atom is 0.306 e.